The van der Waals surface area contributed by atoms with E-state index in [4.69, 9.17) is 4.74 Å². The number of aromatic nitrogens is 1. The molecular weight excluding hydrogens is 248 g/mol. The number of nitrogens with zero attached hydrogens (tertiary/aromatic N) is 1. The zero-order valence-electron chi connectivity index (χ0n) is 13.3. The summed E-state index contributed by atoms with van der Waals surface area (Å²) < 4.78 is 6.26. The van der Waals surface area contributed by atoms with Crippen molar-refractivity contribution in [3.8, 4) is 5.75 Å². The van der Waals surface area contributed by atoms with Crippen LogP contribution in [0.15, 0.2) is 18.5 Å². The van der Waals surface area contributed by atoms with E-state index in [-0.39, 0.29) is 5.54 Å². The Labute approximate surface area is 123 Å². The zero-order valence-corrected chi connectivity index (χ0v) is 13.3. The number of hydrogen-bond donors (Lipinski definition) is 1. The SMILES string of the molecule is CC1CCCCC1Oc1cnccc1CNC(C)(C)C. The summed E-state index contributed by atoms with van der Waals surface area (Å²) >= 11 is 0. The molecule has 0 saturated heterocycles. The molecule has 0 bridgehead atoms. The molecule has 0 radical (unpaired) electrons. The monoisotopic (exact) mass is 276 g/mol. The van der Waals surface area contributed by atoms with E-state index >= 15 is 0 Å². The number of nitrogens with one attached hydrogen (secondary N) is 1. The van der Waals surface area contributed by atoms with Crippen LogP contribution in [0.2, 0.25) is 0 Å². The summed E-state index contributed by atoms with van der Waals surface area (Å²) in [6.45, 7) is 9.66. The molecule has 1 aliphatic rings. The standard InChI is InChI=1S/C17H28N2O/c1-13-7-5-6-8-15(13)20-16-12-18-10-9-14(16)11-19-17(2,3)4/h9-10,12-13,15,19H,5-8,11H2,1-4H3. The van der Waals surface area contributed by atoms with E-state index in [0.717, 1.165) is 12.3 Å². The first-order valence-corrected chi connectivity index (χ1v) is 7.80. The van der Waals surface area contributed by atoms with Crippen LogP contribution >= 0.6 is 0 Å². The van der Waals surface area contributed by atoms with Crippen LogP contribution in [0.5, 0.6) is 5.75 Å². The second-order valence-electron chi connectivity index (χ2n) is 7.00. The molecule has 0 aliphatic heterocycles. The van der Waals surface area contributed by atoms with E-state index in [1.54, 1.807) is 0 Å². The van der Waals surface area contributed by atoms with E-state index < -0.39 is 0 Å². The third kappa shape index (κ3) is 4.48. The first kappa shape index (κ1) is 15.3. The Kier molecular flexibility index (Phi) is 5.03. The average Bonchev–Trinajstić information content (AvgIpc) is 2.39. The van der Waals surface area contributed by atoms with Crippen molar-refractivity contribution in [1.29, 1.82) is 0 Å². The lowest BCUT2D eigenvalue weighted by Crippen LogP contribution is -2.35. The molecule has 0 aromatic carbocycles. The molecule has 2 unspecified atom stereocenters. The summed E-state index contributed by atoms with van der Waals surface area (Å²) in [5.41, 5.74) is 1.31. The predicted molar refractivity (Wildman–Crippen MR) is 82.9 cm³/mol. The van der Waals surface area contributed by atoms with Gasteiger partial charge in [0.2, 0.25) is 0 Å². The summed E-state index contributed by atoms with van der Waals surface area (Å²) in [5, 5.41) is 3.52. The number of rotatable bonds is 4. The molecule has 2 atom stereocenters. The third-order valence-corrected chi connectivity index (χ3v) is 3.99. The van der Waals surface area contributed by atoms with Crippen LogP contribution in [0.25, 0.3) is 0 Å². The lowest BCUT2D eigenvalue weighted by atomic mass is 9.88. The van der Waals surface area contributed by atoms with Crippen LogP contribution in [-0.2, 0) is 6.54 Å². The molecule has 1 aliphatic carbocycles. The molecule has 20 heavy (non-hydrogen) atoms. The van der Waals surface area contributed by atoms with Crippen LogP contribution in [0.4, 0.5) is 0 Å². The average molecular weight is 276 g/mol. The fourth-order valence-corrected chi connectivity index (χ4v) is 2.64. The van der Waals surface area contributed by atoms with Gasteiger partial charge in [0.05, 0.1) is 6.20 Å². The van der Waals surface area contributed by atoms with Gasteiger partial charge in [-0.05, 0) is 52.0 Å². The fraction of sp³-hybridized carbons (Fsp3) is 0.706. The molecule has 1 N–H and O–H groups in total. The van der Waals surface area contributed by atoms with Crippen molar-refractivity contribution >= 4 is 0 Å². The quantitative estimate of drug-likeness (QED) is 0.905. The van der Waals surface area contributed by atoms with Gasteiger partial charge in [-0.3, -0.25) is 4.98 Å². The lowest BCUT2D eigenvalue weighted by Gasteiger charge is -2.30. The zero-order chi connectivity index (χ0) is 14.6. The van der Waals surface area contributed by atoms with Crippen molar-refractivity contribution in [3.05, 3.63) is 24.0 Å². The Morgan fingerprint density at radius 3 is 2.75 bits per heavy atom. The van der Waals surface area contributed by atoms with Crippen molar-refractivity contribution in [3.63, 3.8) is 0 Å². The first-order chi connectivity index (χ1) is 9.46. The summed E-state index contributed by atoms with van der Waals surface area (Å²) in [6.07, 6.45) is 9.12. The van der Waals surface area contributed by atoms with E-state index in [9.17, 15) is 0 Å². The Hall–Kier alpha value is -1.09. The molecule has 0 amide bonds. The van der Waals surface area contributed by atoms with Crippen molar-refractivity contribution in [1.82, 2.24) is 10.3 Å². The molecule has 2 rings (SSSR count). The molecule has 112 valence electrons. The van der Waals surface area contributed by atoms with Gasteiger partial charge < -0.3 is 10.1 Å². The molecule has 1 aromatic rings. The minimum Gasteiger partial charge on any atom is -0.488 e. The normalized spacial score (nSPS) is 23.6. The molecule has 1 saturated carbocycles. The van der Waals surface area contributed by atoms with Gasteiger partial charge in [-0.15, -0.1) is 0 Å². The van der Waals surface area contributed by atoms with Crippen molar-refractivity contribution < 1.29 is 4.74 Å². The molecule has 1 heterocycles. The van der Waals surface area contributed by atoms with Crippen LogP contribution in [0.1, 0.15) is 58.9 Å². The predicted octanol–water partition coefficient (Wildman–Crippen LogP) is 3.93. The van der Waals surface area contributed by atoms with Crippen molar-refractivity contribution in [2.24, 2.45) is 5.92 Å². The van der Waals surface area contributed by atoms with Crippen molar-refractivity contribution in [2.45, 2.75) is 71.6 Å². The maximum atomic E-state index is 6.26. The maximum Gasteiger partial charge on any atom is 0.142 e. The summed E-state index contributed by atoms with van der Waals surface area (Å²) in [4.78, 5) is 4.23. The number of pyridine rings is 1. The lowest BCUT2D eigenvalue weighted by molar-refractivity contribution is 0.101. The maximum absolute atomic E-state index is 6.26. The van der Waals surface area contributed by atoms with Gasteiger partial charge >= 0.3 is 0 Å². The van der Waals surface area contributed by atoms with Gasteiger partial charge in [-0.1, -0.05) is 13.3 Å². The molecule has 1 fully saturated rings. The molecular formula is C17H28N2O. The van der Waals surface area contributed by atoms with E-state index in [2.05, 4.69) is 44.1 Å². The van der Waals surface area contributed by atoms with E-state index in [1.165, 1.54) is 31.2 Å². The van der Waals surface area contributed by atoms with Gasteiger partial charge in [0.25, 0.3) is 0 Å². The minimum absolute atomic E-state index is 0.110. The van der Waals surface area contributed by atoms with Crippen LogP contribution in [0, 0.1) is 5.92 Å². The molecule has 3 nitrogen and oxygen atoms in total. The molecule has 1 aromatic heterocycles. The smallest absolute Gasteiger partial charge is 0.142 e. The Balaban J connectivity index is 2.03. The first-order valence-electron chi connectivity index (χ1n) is 7.80. The second kappa shape index (κ2) is 6.57. The van der Waals surface area contributed by atoms with Crippen LogP contribution in [0.3, 0.4) is 0 Å². The highest BCUT2D eigenvalue weighted by Gasteiger charge is 2.23. The largest absolute Gasteiger partial charge is 0.488 e. The number of hydrogen-bond acceptors (Lipinski definition) is 3. The highest BCUT2D eigenvalue weighted by molar-refractivity contribution is 5.30. The molecule has 3 heteroatoms. The number of ether oxygens (including phenoxy) is 1. The van der Waals surface area contributed by atoms with Crippen LogP contribution < -0.4 is 10.1 Å². The van der Waals surface area contributed by atoms with E-state index in [0.29, 0.717) is 12.0 Å². The fourth-order valence-electron chi connectivity index (χ4n) is 2.64. The summed E-state index contributed by atoms with van der Waals surface area (Å²) in [7, 11) is 0. The Bertz CT molecular complexity index is 425. The third-order valence-electron chi connectivity index (χ3n) is 3.99. The van der Waals surface area contributed by atoms with Gasteiger partial charge in [-0.2, -0.15) is 0 Å². The van der Waals surface area contributed by atoms with Crippen molar-refractivity contribution in [2.75, 3.05) is 0 Å². The Morgan fingerprint density at radius 2 is 2.05 bits per heavy atom. The van der Waals surface area contributed by atoms with Gasteiger partial charge in [0.1, 0.15) is 11.9 Å². The minimum atomic E-state index is 0.110. The molecule has 0 spiro atoms. The Morgan fingerprint density at radius 1 is 1.30 bits per heavy atom. The summed E-state index contributed by atoms with van der Waals surface area (Å²) in [6, 6.07) is 2.06. The summed E-state index contributed by atoms with van der Waals surface area (Å²) in [5.74, 6) is 1.59. The van der Waals surface area contributed by atoms with Gasteiger partial charge in [0.15, 0.2) is 0 Å². The van der Waals surface area contributed by atoms with Gasteiger partial charge in [-0.25, -0.2) is 0 Å². The highest BCUT2D eigenvalue weighted by Crippen LogP contribution is 2.29. The topological polar surface area (TPSA) is 34.1 Å². The second-order valence-corrected chi connectivity index (χ2v) is 7.00. The van der Waals surface area contributed by atoms with Crippen LogP contribution in [-0.4, -0.2) is 16.6 Å². The highest BCUT2D eigenvalue weighted by atomic mass is 16.5. The van der Waals surface area contributed by atoms with Gasteiger partial charge in [0, 0.05) is 23.8 Å². The van der Waals surface area contributed by atoms with E-state index in [1.807, 2.05) is 12.4 Å².